The molecule has 1 heterocycles. The number of hydrogen-bond acceptors (Lipinski definition) is 4. The molecule has 0 amide bonds. The van der Waals surface area contributed by atoms with Gasteiger partial charge in [-0.2, -0.15) is 5.26 Å². The number of carbonyl (C=O) groups excluding carboxylic acids is 1. The number of halogens is 1. The maximum Gasteiger partial charge on any atom is 0.161 e. The van der Waals surface area contributed by atoms with E-state index in [0.29, 0.717) is 36.0 Å². The van der Waals surface area contributed by atoms with Crippen LogP contribution in [0.3, 0.4) is 0 Å². The van der Waals surface area contributed by atoms with Gasteiger partial charge in [0.15, 0.2) is 12.4 Å². The van der Waals surface area contributed by atoms with Crippen molar-refractivity contribution in [1.29, 1.82) is 5.26 Å². The number of morpholine rings is 1. The lowest BCUT2D eigenvalue weighted by Gasteiger charge is -2.32. The number of ether oxygens (including phenoxy) is 1. The first-order valence-electron chi connectivity index (χ1n) is 5.26. The lowest BCUT2D eigenvalue weighted by atomic mass is 10.1. The molecule has 5 heteroatoms. The monoisotopic (exact) mass is 250 g/mol. The van der Waals surface area contributed by atoms with Crippen molar-refractivity contribution in [3.63, 3.8) is 0 Å². The Morgan fingerprint density at radius 2 is 2.41 bits per heavy atom. The summed E-state index contributed by atoms with van der Waals surface area (Å²) in [5.74, 6) is 0. The second-order valence-electron chi connectivity index (χ2n) is 3.73. The Morgan fingerprint density at radius 1 is 1.59 bits per heavy atom. The largest absolute Gasteiger partial charge is 0.364 e. The molecule has 4 nitrogen and oxygen atoms in total. The number of nitriles is 1. The Balaban J connectivity index is 2.33. The van der Waals surface area contributed by atoms with Crippen LogP contribution < -0.4 is 4.90 Å². The molecule has 2 rings (SSSR count). The molecule has 1 aliphatic rings. The lowest BCUT2D eigenvalue weighted by molar-refractivity contribution is 0.0763. The van der Waals surface area contributed by atoms with Gasteiger partial charge in [-0.15, -0.1) is 0 Å². The maximum atomic E-state index is 11.0. The highest BCUT2D eigenvalue weighted by Gasteiger charge is 2.23. The van der Waals surface area contributed by atoms with Crippen LogP contribution in [0.4, 0.5) is 5.69 Å². The Morgan fingerprint density at radius 3 is 3.12 bits per heavy atom. The van der Waals surface area contributed by atoms with Crippen LogP contribution in [0.2, 0.25) is 5.02 Å². The van der Waals surface area contributed by atoms with Crippen molar-refractivity contribution in [2.24, 2.45) is 0 Å². The predicted octanol–water partition coefficient (Wildman–Crippen LogP) is 1.88. The highest BCUT2D eigenvalue weighted by molar-refractivity contribution is 6.33. The Kier molecular flexibility index (Phi) is 3.62. The third-order valence-electron chi connectivity index (χ3n) is 2.67. The zero-order chi connectivity index (χ0) is 12.3. The summed E-state index contributed by atoms with van der Waals surface area (Å²) in [7, 11) is 0. The van der Waals surface area contributed by atoms with Crippen molar-refractivity contribution in [3.05, 3.63) is 28.8 Å². The van der Waals surface area contributed by atoms with E-state index in [1.807, 2.05) is 4.90 Å². The molecule has 0 aromatic heterocycles. The molecule has 0 bridgehead atoms. The summed E-state index contributed by atoms with van der Waals surface area (Å²) < 4.78 is 5.26. The van der Waals surface area contributed by atoms with Gasteiger partial charge in [0, 0.05) is 12.1 Å². The average molecular weight is 251 g/mol. The van der Waals surface area contributed by atoms with Crippen molar-refractivity contribution in [2.75, 3.05) is 24.6 Å². The molecule has 1 aromatic rings. The topological polar surface area (TPSA) is 53.3 Å². The summed E-state index contributed by atoms with van der Waals surface area (Å²) in [5.41, 5.74) is 1.23. The fourth-order valence-corrected chi connectivity index (χ4v) is 2.19. The second-order valence-corrected chi connectivity index (χ2v) is 4.14. The number of benzene rings is 1. The van der Waals surface area contributed by atoms with Crippen molar-refractivity contribution in [2.45, 2.75) is 6.10 Å². The number of nitrogens with zero attached hydrogens (tertiary/aromatic N) is 2. The molecule has 1 aromatic carbocycles. The van der Waals surface area contributed by atoms with E-state index in [4.69, 9.17) is 21.6 Å². The maximum absolute atomic E-state index is 11.0. The molecule has 0 aliphatic carbocycles. The van der Waals surface area contributed by atoms with Crippen LogP contribution >= 0.6 is 11.6 Å². The van der Waals surface area contributed by atoms with Gasteiger partial charge in [-0.3, -0.25) is 4.79 Å². The SMILES string of the molecule is N#CC1CN(c2c(Cl)cccc2C=O)CCO1. The third-order valence-corrected chi connectivity index (χ3v) is 2.98. The van der Waals surface area contributed by atoms with Gasteiger partial charge in [0.05, 0.1) is 29.9 Å². The van der Waals surface area contributed by atoms with E-state index >= 15 is 0 Å². The van der Waals surface area contributed by atoms with Gasteiger partial charge < -0.3 is 9.64 Å². The van der Waals surface area contributed by atoms with E-state index in [0.717, 1.165) is 6.29 Å². The fourth-order valence-electron chi connectivity index (χ4n) is 1.89. The normalized spacial score (nSPS) is 19.8. The lowest BCUT2D eigenvalue weighted by Crippen LogP contribution is -2.42. The first kappa shape index (κ1) is 11.9. The number of aldehydes is 1. The third kappa shape index (κ3) is 2.41. The molecular weight excluding hydrogens is 240 g/mol. The van der Waals surface area contributed by atoms with Crippen LogP contribution in [0.15, 0.2) is 18.2 Å². The summed E-state index contributed by atoms with van der Waals surface area (Å²) in [6.45, 7) is 1.52. The van der Waals surface area contributed by atoms with E-state index in [2.05, 4.69) is 6.07 Å². The van der Waals surface area contributed by atoms with E-state index < -0.39 is 6.10 Å². The minimum Gasteiger partial charge on any atom is -0.364 e. The van der Waals surface area contributed by atoms with Gasteiger partial charge in [0.25, 0.3) is 0 Å². The van der Waals surface area contributed by atoms with Crippen LogP contribution in [0.5, 0.6) is 0 Å². The van der Waals surface area contributed by atoms with E-state index in [1.165, 1.54) is 0 Å². The van der Waals surface area contributed by atoms with E-state index in [-0.39, 0.29) is 0 Å². The van der Waals surface area contributed by atoms with E-state index in [9.17, 15) is 4.79 Å². The molecule has 88 valence electrons. The van der Waals surface area contributed by atoms with Gasteiger partial charge in [-0.1, -0.05) is 17.7 Å². The molecule has 1 atom stereocenters. The van der Waals surface area contributed by atoms with Crippen molar-refractivity contribution < 1.29 is 9.53 Å². The molecule has 0 saturated carbocycles. The number of anilines is 1. The van der Waals surface area contributed by atoms with Gasteiger partial charge in [-0.05, 0) is 12.1 Å². The summed E-state index contributed by atoms with van der Waals surface area (Å²) in [5, 5.41) is 9.37. The number of rotatable bonds is 2. The van der Waals surface area contributed by atoms with Crippen molar-refractivity contribution in [1.82, 2.24) is 0 Å². The van der Waals surface area contributed by atoms with Crippen LogP contribution in [0.1, 0.15) is 10.4 Å². The summed E-state index contributed by atoms with van der Waals surface area (Å²) in [6, 6.07) is 7.25. The molecule has 0 radical (unpaired) electrons. The van der Waals surface area contributed by atoms with E-state index in [1.54, 1.807) is 18.2 Å². The zero-order valence-corrected chi connectivity index (χ0v) is 9.85. The molecule has 1 unspecified atom stereocenters. The quantitative estimate of drug-likeness (QED) is 0.752. The smallest absolute Gasteiger partial charge is 0.161 e. The van der Waals surface area contributed by atoms with Gasteiger partial charge >= 0.3 is 0 Å². The van der Waals surface area contributed by atoms with Crippen LogP contribution in [-0.4, -0.2) is 32.1 Å². The van der Waals surface area contributed by atoms with Gasteiger partial charge in [0.1, 0.15) is 0 Å². The number of hydrogen-bond donors (Lipinski definition) is 0. The fraction of sp³-hybridized carbons (Fsp3) is 0.333. The molecule has 1 fully saturated rings. The van der Waals surface area contributed by atoms with Crippen molar-refractivity contribution >= 4 is 23.6 Å². The number of para-hydroxylation sites is 1. The highest BCUT2D eigenvalue weighted by Crippen LogP contribution is 2.30. The van der Waals surface area contributed by atoms with Crippen LogP contribution in [0.25, 0.3) is 0 Å². The Hall–Kier alpha value is -1.57. The van der Waals surface area contributed by atoms with Crippen LogP contribution in [-0.2, 0) is 4.74 Å². The van der Waals surface area contributed by atoms with Gasteiger partial charge in [-0.25, -0.2) is 0 Å². The highest BCUT2D eigenvalue weighted by atomic mass is 35.5. The van der Waals surface area contributed by atoms with Crippen molar-refractivity contribution in [3.8, 4) is 6.07 Å². The zero-order valence-electron chi connectivity index (χ0n) is 9.10. The van der Waals surface area contributed by atoms with Gasteiger partial charge in [0.2, 0.25) is 0 Å². The summed E-state index contributed by atoms with van der Waals surface area (Å²) in [4.78, 5) is 12.9. The molecule has 1 saturated heterocycles. The predicted molar refractivity (Wildman–Crippen MR) is 64.4 cm³/mol. The average Bonchev–Trinajstić information content (AvgIpc) is 2.38. The summed E-state index contributed by atoms with van der Waals surface area (Å²) >= 11 is 6.11. The minimum atomic E-state index is -0.473. The number of carbonyl (C=O) groups is 1. The molecular formula is C12H11ClN2O2. The second kappa shape index (κ2) is 5.17. The van der Waals surface area contributed by atoms with Crippen LogP contribution in [0, 0.1) is 11.3 Å². The molecule has 0 N–H and O–H groups in total. The Bertz CT molecular complexity index is 470. The molecule has 0 spiro atoms. The molecule has 17 heavy (non-hydrogen) atoms. The summed E-state index contributed by atoms with van der Waals surface area (Å²) in [6.07, 6.45) is 0.303. The Labute approximate surface area is 104 Å². The first-order chi connectivity index (χ1) is 8.26. The molecule has 1 aliphatic heterocycles. The minimum absolute atomic E-state index is 0.432. The standard InChI is InChI=1S/C12H11ClN2O2/c13-11-3-1-2-9(8-16)12(11)15-4-5-17-10(6-14)7-15/h1-3,8,10H,4-5,7H2. The first-order valence-corrected chi connectivity index (χ1v) is 5.64.